The number of nitrogens with zero attached hydrogens (tertiary/aromatic N) is 2. The van der Waals surface area contributed by atoms with Crippen LogP contribution in [0.4, 0.5) is 5.69 Å². The van der Waals surface area contributed by atoms with Crippen molar-refractivity contribution in [2.24, 2.45) is 0 Å². The number of anilines is 1. The number of carbonyl (C=O) groups excluding carboxylic acids is 2. The third-order valence-electron chi connectivity index (χ3n) is 5.45. The lowest BCUT2D eigenvalue weighted by Crippen LogP contribution is -2.52. The van der Waals surface area contributed by atoms with Gasteiger partial charge in [0.2, 0.25) is 21.8 Å². The van der Waals surface area contributed by atoms with Crippen LogP contribution < -0.4 is 14.4 Å². The Labute approximate surface area is 202 Å². The first kappa shape index (κ1) is 27.2. The summed E-state index contributed by atoms with van der Waals surface area (Å²) in [7, 11) is -3.83. The number of sulfonamides is 1. The van der Waals surface area contributed by atoms with Gasteiger partial charge in [0.1, 0.15) is 18.3 Å². The lowest BCUT2D eigenvalue weighted by Gasteiger charge is -2.33. The Morgan fingerprint density at radius 3 is 2.26 bits per heavy atom. The first-order valence-electron chi connectivity index (χ1n) is 11.4. The second-order valence-corrected chi connectivity index (χ2v) is 9.84. The number of aryl methyl sites for hydroxylation is 1. The van der Waals surface area contributed by atoms with Crippen LogP contribution in [0.15, 0.2) is 48.5 Å². The summed E-state index contributed by atoms with van der Waals surface area (Å²) in [5, 5.41) is 2.79. The molecule has 0 aliphatic carbocycles. The Morgan fingerprint density at radius 2 is 1.68 bits per heavy atom. The number of hydrogen-bond acceptors (Lipinski definition) is 5. The molecule has 186 valence electrons. The Morgan fingerprint density at radius 1 is 1.03 bits per heavy atom. The fraction of sp³-hybridized carbons (Fsp3) is 0.440. The van der Waals surface area contributed by atoms with Crippen LogP contribution in [-0.4, -0.2) is 57.1 Å². The van der Waals surface area contributed by atoms with E-state index < -0.39 is 28.5 Å². The summed E-state index contributed by atoms with van der Waals surface area (Å²) in [6.45, 7) is 7.89. The van der Waals surface area contributed by atoms with Gasteiger partial charge in [-0.2, -0.15) is 0 Å². The van der Waals surface area contributed by atoms with Crippen molar-refractivity contribution >= 4 is 27.5 Å². The number of benzene rings is 2. The average Bonchev–Trinajstić information content (AvgIpc) is 2.78. The number of ether oxygens (including phenoxy) is 1. The number of nitrogens with one attached hydrogen (secondary N) is 1. The van der Waals surface area contributed by atoms with E-state index in [9.17, 15) is 18.0 Å². The minimum Gasteiger partial charge on any atom is -0.492 e. The summed E-state index contributed by atoms with van der Waals surface area (Å²) in [6.07, 6.45) is 1.44. The zero-order chi connectivity index (χ0) is 25.3. The van der Waals surface area contributed by atoms with E-state index in [1.54, 1.807) is 31.2 Å². The molecule has 0 bridgehead atoms. The molecule has 2 aromatic carbocycles. The molecule has 0 aromatic heterocycles. The SMILES string of the molecule is CCNC(=O)C(CC)N(Cc1ccccc1C)C(=O)CN(c1ccccc1OCC)S(C)(=O)=O. The highest BCUT2D eigenvalue weighted by Crippen LogP contribution is 2.30. The smallest absolute Gasteiger partial charge is 0.244 e. The van der Waals surface area contributed by atoms with Crippen LogP contribution in [-0.2, 0) is 26.2 Å². The van der Waals surface area contributed by atoms with Gasteiger partial charge in [-0.1, -0.05) is 43.3 Å². The van der Waals surface area contributed by atoms with Crippen LogP contribution >= 0.6 is 0 Å². The second-order valence-electron chi connectivity index (χ2n) is 7.94. The van der Waals surface area contributed by atoms with Gasteiger partial charge in [-0.15, -0.1) is 0 Å². The van der Waals surface area contributed by atoms with Crippen molar-refractivity contribution in [3.05, 3.63) is 59.7 Å². The molecule has 34 heavy (non-hydrogen) atoms. The topological polar surface area (TPSA) is 96.0 Å². The summed E-state index contributed by atoms with van der Waals surface area (Å²) in [4.78, 5) is 28.0. The average molecular weight is 490 g/mol. The molecule has 2 aromatic rings. The molecule has 0 aliphatic rings. The Balaban J connectivity index is 2.49. The minimum absolute atomic E-state index is 0.186. The van der Waals surface area contributed by atoms with E-state index in [4.69, 9.17) is 4.74 Å². The van der Waals surface area contributed by atoms with Crippen LogP contribution in [0.5, 0.6) is 5.75 Å². The molecule has 0 aliphatic heterocycles. The molecule has 0 saturated carbocycles. The van der Waals surface area contributed by atoms with Gasteiger partial charge in [0.05, 0.1) is 18.6 Å². The summed E-state index contributed by atoms with van der Waals surface area (Å²) >= 11 is 0. The molecular weight excluding hydrogens is 454 g/mol. The molecule has 2 rings (SSSR count). The van der Waals surface area contributed by atoms with E-state index in [2.05, 4.69) is 5.32 Å². The van der Waals surface area contributed by atoms with Gasteiger partial charge in [0, 0.05) is 13.1 Å². The Bertz CT molecular complexity index is 1090. The zero-order valence-corrected chi connectivity index (χ0v) is 21.4. The van der Waals surface area contributed by atoms with Gasteiger partial charge >= 0.3 is 0 Å². The maximum atomic E-state index is 13.7. The number of hydrogen-bond donors (Lipinski definition) is 1. The van der Waals surface area contributed by atoms with E-state index in [0.717, 1.165) is 21.7 Å². The van der Waals surface area contributed by atoms with Gasteiger partial charge in [0.15, 0.2) is 0 Å². The predicted octanol–water partition coefficient (Wildman–Crippen LogP) is 3.10. The van der Waals surface area contributed by atoms with E-state index >= 15 is 0 Å². The molecule has 0 saturated heterocycles. The molecule has 8 nitrogen and oxygen atoms in total. The van der Waals surface area contributed by atoms with Crippen molar-refractivity contribution in [1.82, 2.24) is 10.2 Å². The van der Waals surface area contributed by atoms with Crippen LogP contribution in [0.2, 0.25) is 0 Å². The Hall–Kier alpha value is -3.07. The second kappa shape index (κ2) is 12.4. The predicted molar refractivity (Wildman–Crippen MR) is 134 cm³/mol. The molecule has 0 fully saturated rings. The molecule has 0 heterocycles. The van der Waals surface area contributed by atoms with Crippen LogP contribution in [0.25, 0.3) is 0 Å². The van der Waals surface area contributed by atoms with E-state index in [0.29, 0.717) is 25.3 Å². The number of carbonyl (C=O) groups is 2. The summed E-state index contributed by atoms with van der Waals surface area (Å²) in [5.74, 6) is -0.380. The molecule has 1 N–H and O–H groups in total. The summed E-state index contributed by atoms with van der Waals surface area (Å²) in [5.41, 5.74) is 2.15. The maximum absolute atomic E-state index is 13.7. The standard InChI is InChI=1S/C25H35N3O5S/c1-6-21(25(30)26-7-2)27(17-20-14-10-9-13-19(20)4)24(29)18-28(34(5,31)32)22-15-11-12-16-23(22)33-8-3/h9-16,21H,6-8,17-18H2,1-5H3,(H,26,30). The van der Waals surface area contributed by atoms with Crippen LogP contribution in [0.3, 0.4) is 0 Å². The largest absolute Gasteiger partial charge is 0.492 e. The first-order valence-corrected chi connectivity index (χ1v) is 13.3. The zero-order valence-electron chi connectivity index (χ0n) is 20.6. The maximum Gasteiger partial charge on any atom is 0.244 e. The quantitative estimate of drug-likeness (QED) is 0.494. The van der Waals surface area contributed by atoms with E-state index in [1.165, 1.54) is 4.90 Å². The molecule has 0 spiro atoms. The number of rotatable bonds is 12. The monoisotopic (exact) mass is 489 g/mol. The summed E-state index contributed by atoms with van der Waals surface area (Å²) < 4.78 is 32.2. The van der Waals surface area contributed by atoms with Crippen LogP contribution in [0.1, 0.15) is 38.3 Å². The van der Waals surface area contributed by atoms with Crippen molar-refractivity contribution in [1.29, 1.82) is 0 Å². The van der Waals surface area contributed by atoms with Gasteiger partial charge < -0.3 is 15.0 Å². The van der Waals surface area contributed by atoms with Gasteiger partial charge in [0.25, 0.3) is 0 Å². The highest BCUT2D eigenvalue weighted by molar-refractivity contribution is 7.92. The van der Waals surface area contributed by atoms with Crippen molar-refractivity contribution in [2.75, 3.05) is 30.3 Å². The Kier molecular flexibility index (Phi) is 9.92. The molecule has 1 atom stereocenters. The molecule has 1 unspecified atom stereocenters. The lowest BCUT2D eigenvalue weighted by molar-refractivity contribution is -0.140. The van der Waals surface area contributed by atoms with Gasteiger partial charge in [-0.25, -0.2) is 8.42 Å². The summed E-state index contributed by atoms with van der Waals surface area (Å²) in [6, 6.07) is 13.6. The highest BCUT2D eigenvalue weighted by atomic mass is 32.2. The molecule has 0 radical (unpaired) electrons. The van der Waals surface area contributed by atoms with E-state index in [-0.39, 0.29) is 18.1 Å². The molecular formula is C25H35N3O5S. The molecule has 2 amide bonds. The van der Waals surface area contributed by atoms with Crippen LogP contribution in [0, 0.1) is 6.92 Å². The molecule has 9 heteroatoms. The van der Waals surface area contributed by atoms with Crippen molar-refractivity contribution in [2.45, 2.75) is 46.7 Å². The number of likely N-dealkylation sites (N-methyl/N-ethyl adjacent to an activating group) is 1. The van der Waals surface area contributed by atoms with E-state index in [1.807, 2.05) is 45.0 Å². The number of para-hydroxylation sites is 2. The number of amides is 2. The lowest BCUT2D eigenvalue weighted by atomic mass is 10.1. The van der Waals surface area contributed by atoms with Gasteiger partial charge in [-0.3, -0.25) is 13.9 Å². The third kappa shape index (κ3) is 6.96. The third-order valence-corrected chi connectivity index (χ3v) is 6.58. The van der Waals surface area contributed by atoms with Gasteiger partial charge in [-0.05, 0) is 50.5 Å². The first-order chi connectivity index (χ1) is 16.1. The van der Waals surface area contributed by atoms with Crippen molar-refractivity contribution < 1.29 is 22.7 Å². The fourth-order valence-corrected chi connectivity index (χ4v) is 4.57. The van der Waals surface area contributed by atoms with Crippen molar-refractivity contribution in [3.63, 3.8) is 0 Å². The minimum atomic E-state index is -3.83. The normalized spacial score (nSPS) is 12.0. The highest BCUT2D eigenvalue weighted by Gasteiger charge is 2.32. The van der Waals surface area contributed by atoms with Crippen molar-refractivity contribution in [3.8, 4) is 5.75 Å². The fourth-order valence-electron chi connectivity index (χ4n) is 3.72.